The Labute approximate surface area is 55.1 Å². The van der Waals surface area contributed by atoms with Crippen LogP contribution in [-0.4, -0.2) is 15.8 Å². The van der Waals surface area contributed by atoms with Crippen molar-refractivity contribution in [2.75, 3.05) is 0 Å². The van der Waals surface area contributed by atoms with Gasteiger partial charge in [0, 0.05) is 15.8 Å². The number of rotatable bonds is 3. The Bertz CT molecular complexity index is 56.0. The monoisotopic (exact) mass is 131 g/mol. The lowest BCUT2D eigenvalue weighted by Crippen LogP contribution is -2.31. The van der Waals surface area contributed by atoms with Crippen LogP contribution in [0.1, 0.15) is 26.7 Å². The first kappa shape index (κ1) is 8.18. The second kappa shape index (κ2) is 3.25. The van der Waals surface area contributed by atoms with Crippen molar-refractivity contribution in [3.63, 3.8) is 0 Å². The molecule has 0 saturated carbocycles. The molecule has 0 rings (SSSR count). The molecule has 0 aromatic heterocycles. The van der Waals surface area contributed by atoms with Crippen LogP contribution in [0.3, 0.4) is 0 Å². The van der Waals surface area contributed by atoms with Gasteiger partial charge in [-0.05, 0) is 20.3 Å². The van der Waals surface area contributed by atoms with E-state index in [1.807, 2.05) is 0 Å². The highest BCUT2D eigenvalue weighted by Gasteiger charge is 2.07. The van der Waals surface area contributed by atoms with Crippen molar-refractivity contribution in [1.29, 1.82) is 0 Å². The maximum atomic E-state index is 5.74. The van der Waals surface area contributed by atoms with Crippen LogP contribution in [0.25, 0.3) is 0 Å². The molecular formula is C6H17NSi. The summed E-state index contributed by atoms with van der Waals surface area (Å²) in [6.45, 7) is 4.18. The second-order valence-electron chi connectivity index (χ2n) is 3.09. The van der Waals surface area contributed by atoms with Crippen LogP contribution < -0.4 is 5.73 Å². The highest BCUT2D eigenvalue weighted by atomic mass is 28.1. The minimum absolute atomic E-state index is 0.0738. The zero-order valence-corrected chi connectivity index (χ0v) is 8.20. The molecule has 0 aliphatic heterocycles. The van der Waals surface area contributed by atoms with Crippen LogP contribution >= 0.6 is 0 Å². The lowest BCUT2D eigenvalue weighted by Gasteiger charge is -2.16. The zero-order valence-electron chi connectivity index (χ0n) is 6.20. The first-order chi connectivity index (χ1) is 3.56. The van der Waals surface area contributed by atoms with Gasteiger partial charge in [0.05, 0.1) is 0 Å². The van der Waals surface area contributed by atoms with Crippen LogP contribution in [0.4, 0.5) is 0 Å². The van der Waals surface area contributed by atoms with Crippen molar-refractivity contribution < 1.29 is 0 Å². The fraction of sp³-hybridized carbons (Fsp3) is 1.00. The van der Waals surface area contributed by atoms with Crippen molar-refractivity contribution in [3.05, 3.63) is 0 Å². The second-order valence-corrected chi connectivity index (χ2v) is 4.09. The van der Waals surface area contributed by atoms with Gasteiger partial charge >= 0.3 is 0 Å². The Morgan fingerprint density at radius 2 is 2.00 bits per heavy atom. The molecule has 2 heteroatoms. The minimum Gasteiger partial charge on any atom is -0.326 e. The third-order valence-electron chi connectivity index (χ3n) is 1.17. The first-order valence-corrected chi connectivity index (χ1v) is 4.76. The van der Waals surface area contributed by atoms with E-state index in [1.165, 1.54) is 29.1 Å². The molecule has 0 amide bonds. The number of hydrogen-bond donors (Lipinski definition) is 1. The molecule has 8 heavy (non-hydrogen) atoms. The number of hydrogen-bond acceptors (Lipinski definition) is 1. The molecule has 50 valence electrons. The van der Waals surface area contributed by atoms with Crippen LogP contribution in [0.5, 0.6) is 0 Å². The summed E-state index contributed by atoms with van der Waals surface area (Å²) in [5.41, 5.74) is 5.81. The Balaban J connectivity index is 3.11. The van der Waals surface area contributed by atoms with Gasteiger partial charge in [0.15, 0.2) is 0 Å². The van der Waals surface area contributed by atoms with Crippen molar-refractivity contribution in [1.82, 2.24) is 0 Å². The van der Waals surface area contributed by atoms with E-state index in [-0.39, 0.29) is 5.54 Å². The van der Waals surface area contributed by atoms with Gasteiger partial charge in [0.1, 0.15) is 0 Å². The van der Waals surface area contributed by atoms with Gasteiger partial charge in [-0.25, -0.2) is 0 Å². The highest BCUT2D eigenvalue weighted by Crippen LogP contribution is 2.07. The summed E-state index contributed by atoms with van der Waals surface area (Å²) in [6.07, 6.45) is 2.49. The average Bonchev–Trinajstić information content (AvgIpc) is 1.59. The molecule has 0 saturated heterocycles. The van der Waals surface area contributed by atoms with E-state index in [2.05, 4.69) is 13.8 Å². The fourth-order valence-corrected chi connectivity index (χ4v) is 0.986. The van der Waals surface area contributed by atoms with E-state index in [0.717, 1.165) is 0 Å². The summed E-state index contributed by atoms with van der Waals surface area (Å²) in [4.78, 5) is 0. The lowest BCUT2D eigenvalue weighted by molar-refractivity contribution is 0.470. The van der Waals surface area contributed by atoms with Gasteiger partial charge < -0.3 is 5.73 Å². The summed E-state index contributed by atoms with van der Waals surface area (Å²) in [5.74, 6) is 0. The molecule has 0 heterocycles. The van der Waals surface area contributed by atoms with E-state index in [4.69, 9.17) is 5.73 Å². The predicted molar refractivity (Wildman–Crippen MR) is 42.2 cm³/mol. The van der Waals surface area contributed by atoms with Crippen molar-refractivity contribution in [2.45, 2.75) is 38.3 Å². The Kier molecular flexibility index (Phi) is 3.32. The molecule has 0 aliphatic carbocycles. The van der Waals surface area contributed by atoms with Gasteiger partial charge in [-0.15, -0.1) is 0 Å². The third-order valence-corrected chi connectivity index (χ3v) is 1.88. The Morgan fingerprint density at radius 1 is 1.50 bits per heavy atom. The largest absolute Gasteiger partial charge is 0.326 e. The summed E-state index contributed by atoms with van der Waals surface area (Å²) in [7, 11) is 1.33. The molecule has 0 aromatic rings. The molecular weight excluding hydrogens is 114 g/mol. The van der Waals surface area contributed by atoms with Crippen LogP contribution in [0.15, 0.2) is 0 Å². The SMILES string of the molecule is CC(C)(N)CCC[SiH3]. The molecule has 0 bridgehead atoms. The fourth-order valence-electron chi connectivity index (χ4n) is 0.632. The van der Waals surface area contributed by atoms with Crippen LogP contribution in [0.2, 0.25) is 6.04 Å². The zero-order chi connectivity index (χ0) is 6.62. The molecule has 0 spiro atoms. The molecule has 0 radical (unpaired) electrons. The maximum Gasteiger partial charge on any atom is 0.00969 e. The Morgan fingerprint density at radius 3 is 2.12 bits per heavy atom. The molecule has 0 unspecified atom stereocenters. The summed E-state index contributed by atoms with van der Waals surface area (Å²) >= 11 is 0. The van der Waals surface area contributed by atoms with Gasteiger partial charge in [0.25, 0.3) is 0 Å². The van der Waals surface area contributed by atoms with E-state index in [1.54, 1.807) is 0 Å². The van der Waals surface area contributed by atoms with Crippen LogP contribution in [-0.2, 0) is 0 Å². The standard InChI is InChI=1S/C6H17NSi/c1-6(2,7)4-3-5-8/h3-5,7H2,1-2,8H3. The topological polar surface area (TPSA) is 26.0 Å². The van der Waals surface area contributed by atoms with Crippen molar-refractivity contribution in [2.24, 2.45) is 5.73 Å². The van der Waals surface area contributed by atoms with E-state index in [0.29, 0.717) is 0 Å². The normalized spacial score (nSPS) is 12.4. The van der Waals surface area contributed by atoms with E-state index in [9.17, 15) is 0 Å². The average molecular weight is 131 g/mol. The van der Waals surface area contributed by atoms with Gasteiger partial charge in [-0.3, -0.25) is 0 Å². The van der Waals surface area contributed by atoms with Gasteiger partial charge in [-0.2, -0.15) is 0 Å². The summed E-state index contributed by atoms with van der Waals surface area (Å²) < 4.78 is 0. The molecule has 0 aliphatic rings. The minimum atomic E-state index is 0.0738. The maximum absolute atomic E-state index is 5.74. The van der Waals surface area contributed by atoms with Crippen molar-refractivity contribution in [3.8, 4) is 0 Å². The van der Waals surface area contributed by atoms with E-state index < -0.39 is 0 Å². The molecule has 1 nitrogen and oxygen atoms in total. The van der Waals surface area contributed by atoms with Crippen molar-refractivity contribution >= 4 is 10.2 Å². The first-order valence-electron chi connectivity index (χ1n) is 3.35. The number of nitrogens with two attached hydrogens (primary N) is 1. The van der Waals surface area contributed by atoms with E-state index >= 15 is 0 Å². The van der Waals surface area contributed by atoms with Gasteiger partial charge in [-0.1, -0.05) is 12.5 Å². The Hall–Kier alpha value is 0.177. The third kappa shape index (κ3) is 6.18. The summed E-state index contributed by atoms with van der Waals surface area (Å²) in [6, 6.07) is 1.39. The molecule has 0 atom stereocenters. The lowest BCUT2D eigenvalue weighted by atomic mass is 10.0. The van der Waals surface area contributed by atoms with Gasteiger partial charge in [0.2, 0.25) is 0 Å². The predicted octanol–water partition coefficient (Wildman–Crippen LogP) is 0.288. The molecule has 0 fully saturated rings. The quantitative estimate of drug-likeness (QED) is 0.547. The molecule has 0 aromatic carbocycles. The molecule has 2 N–H and O–H groups in total. The van der Waals surface area contributed by atoms with Crippen LogP contribution in [0, 0.1) is 0 Å². The smallest absolute Gasteiger partial charge is 0.00969 e. The summed E-state index contributed by atoms with van der Waals surface area (Å²) in [5, 5.41) is 0. The highest BCUT2D eigenvalue weighted by molar-refractivity contribution is 6.08.